The number of ether oxygens (including phenoxy) is 1. The molecule has 0 atom stereocenters. The van der Waals surface area contributed by atoms with E-state index < -0.39 is 0 Å². The maximum atomic E-state index is 11.2. The largest absolute Gasteiger partial charge is 0.465 e. The summed E-state index contributed by atoms with van der Waals surface area (Å²) in [6, 6.07) is 3.61. The quantitative estimate of drug-likeness (QED) is 0.745. The smallest absolute Gasteiger partial charge is 0.339 e. The molecule has 1 aliphatic carbocycles. The minimum atomic E-state index is -0.355. The Hall–Kier alpha value is -1.42. The van der Waals surface area contributed by atoms with E-state index >= 15 is 0 Å². The van der Waals surface area contributed by atoms with Gasteiger partial charge in [-0.3, -0.25) is 4.98 Å². The van der Waals surface area contributed by atoms with Crippen molar-refractivity contribution in [2.45, 2.75) is 18.3 Å². The van der Waals surface area contributed by atoms with Gasteiger partial charge in [0.2, 0.25) is 0 Å². The number of nitrogens with two attached hydrogens (primary N) is 1. The van der Waals surface area contributed by atoms with Crippen LogP contribution in [0.1, 0.15) is 28.9 Å². The van der Waals surface area contributed by atoms with E-state index in [1.54, 1.807) is 12.3 Å². The molecular formula is C11H14N2O2. The van der Waals surface area contributed by atoms with Crippen LogP contribution in [0.15, 0.2) is 18.3 Å². The first-order valence-corrected chi connectivity index (χ1v) is 4.97. The number of hydrogen-bond donors (Lipinski definition) is 1. The van der Waals surface area contributed by atoms with Gasteiger partial charge in [-0.2, -0.15) is 0 Å². The number of methoxy groups -OCH3 is 1. The summed E-state index contributed by atoms with van der Waals surface area (Å²) in [5.41, 5.74) is 7.24. The Kier molecular flexibility index (Phi) is 2.44. The second-order valence-corrected chi connectivity index (χ2v) is 3.91. The summed E-state index contributed by atoms with van der Waals surface area (Å²) in [6.45, 7) is 0.623. The molecule has 4 heteroatoms. The lowest BCUT2D eigenvalue weighted by atomic mass is 10.0. The summed E-state index contributed by atoms with van der Waals surface area (Å²) in [7, 11) is 1.36. The summed E-state index contributed by atoms with van der Waals surface area (Å²) in [5.74, 6) is -0.355. The van der Waals surface area contributed by atoms with Gasteiger partial charge in [0.25, 0.3) is 0 Å². The molecule has 1 aromatic heterocycles. The summed E-state index contributed by atoms with van der Waals surface area (Å²) in [5, 5.41) is 0. The third-order valence-corrected chi connectivity index (χ3v) is 2.97. The highest BCUT2D eigenvalue weighted by Gasteiger charge is 2.44. The van der Waals surface area contributed by atoms with E-state index in [9.17, 15) is 4.79 Å². The Morgan fingerprint density at radius 1 is 1.60 bits per heavy atom. The van der Waals surface area contributed by atoms with E-state index in [4.69, 9.17) is 5.73 Å². The first-order valence-electron chi connectivity index (χ1n) is 4.97. The molecule has 0 bridgehead atoms. The third-order valence-electron chi connectivity index (χ3n) is 2.97. The molecule has 2 N–H and O–H groups in total. The second kappa shape index (κ2) is 3.62. The van der Waals surface area contributed by atoms with Gasteiger partial charge in [0.05, 0.1) is 12.7 Å². The maximum absolute atomic E-state index is 11.2. The van der Waals surface area contributed by atoms with Crippen LogP contribution >= 0.6 is 0 Å². The van der Waals surface area contributed by atoms with E-state index in [-0.39, 0.29) is 11.4 Å². The molecule has 2 rings (SSSR count). The normalized spacial score (nSPS) is 17.2. The van der Waals surface area contributed by atoms with Crippen LogP contribution in [0.5, 0.6) is 0 Å². The van der Waals surface area contributed by atoms with E-state index in [2.05, 4.69) is 9.72 Å². The summed E-state index contributed by atoms with van der Waals surface area (Å²) in [4.78, 5) is 15.4. The zero-order valence-electron chi connectivity index (χ0n) is 8.69. The van der Waals surface area contributed by atoms with Crippen molar-refractivity contribution < 1.29 is 9.53 Å². The first-order chi connectivity index (χ1) is 7.22. The lowest BCUT2D eigenvalue weighted by Crippen LogP contribution is -2.21. The van der Waals surface area contributed by atoms with Gasteiger partial charge in [-0.1, -0.05) is 0 Å². The van der Waals surface area contributed by atoms with Crippen LogP contribution < -0.4 is 5.73 Å². The van der Waals surface area contributed by atoms with E-state index in [0.29, 0.717) is 12.1 Å². The van der Waals surface area contributed by atoms with Gasteiger partial charge in [-0.05, 0) is 25.0 Å². The lowest BCUT2D eigenvalue weighted by molar-refractivity contribution is 0.0600. The second-order valence-electron chi connectivity index (χ2n) is 3.91. The number of hydrogen-bond acceptors (Lipinski definition) is 4. The van der Waals surface area contributed by atoms with Crippen molar-refractivity contribution in [3.05, 3.63) is 29.6 Å². The van der Waals surface area contributed by atoms with Crippen molar-refractivity contribution in [1.82, 2.24) is 4.98 Å². The Labute approximate surface area is 88.4 Å². The van der Waals surface area contributed by atoms with Gasteiger partial charge >= 0.3 is 5.97 Å². The molecule has 1 aromatic rings. The number of aromatic nitrogens is 1. The van der Waals surface area contributed by atoms with Crippen LogP contribution in [-0.4, -0.2) is 24.6 Å². The van der Waals surface area contributed by atoms with Crippen LogP contribution in [0.2, 0.25) is 0 Å². The minimum Gasteiger partial charge on any atom is -0.465 e. The minimum absolute atomic E-state index is 0.0780. The molecule has 1 heterocycles. The molecule has 4 nitrogen and oxygen atoms in total. The van der Waals surface area contributed by atoms with Gasteiger partial charge in [-0.25, -0.2) is 4.79 Å². The summed E-state index contributed by atoms with van der Waals surface area (Å²) >= 11 is 0. The van der Waals surface area contributed by atoms with Crippen molar-refractivity contribution >= 4 is 5.97 Å². The lowest BCUT2D eigenvalue weighted by Gasteiger charge is -2.11. The molecule has 0 amide bonds. The molecule has 0 radical (unpaired) electrons. The van der Waals surface area contributed by atoms with Gasteiger partial charge < -0.3 is 10.5 Å². The number of pyridine rings is 1. The van der Waals surface area contributed by atoms with Crippen LogP contribution in [0.25, 0.3) is 0 Å². The highest BCUT2D eigenvalue weighted by atomic mass is 16.5. The summed E-state index contributed by atoms with van der Waals surface area (Å²) < 4.78 is 4.60. The molecular weight excluding hydrogens is 192 g/mol. The standard InChI is InChI=1S/C11H14N2O2/c1-15-10(14)8-2-3-9(13-6-8)11(7-12)4-5-11/h2-3,6H,4-5,7,12H2,1H3. The average molecular weight is 206 g/mol. The van der Waals surface area contributed by atoms with Crippen molar-refractivity contribution in [2.24, 2.45) is 5.73 Å². The highest BCUT2D eigenvalue weighted by Crippen LogP contribution is 2.46. The number of carbonyl (C=O) groups is 1. The Morgan fingerprint density at radius 2 is 2.33 bits per heavy atom. The molecule has 1 aliphatic rings. The van der Waals surface area contributed by atoms with Crippen LogP contribution in [0.4, 0.5) is 0 Å². The van der Waals surface area contributed by atoms with Crippen molar-refractivity contribution in [2.75, 3.05) is 13.7 Å². The van der Waals surface area contributed by atoms with E-state index in [1.165, 1.54) is 7.11 Å². The van der Waals surface area contributed by atoms with Crippen LogP contribution in [0.3, 0.4) is 0 Å². The van der Waals surface area contributed by atoms with Gasteiger partial charge in [-0.15, -0.1) is 0 Å². The van der Waals surface area contributed by atoms with E-state index in [1.807, 2.05) is 6.07 Å². The van der Waals surface area contributed by atoms with Crippen LogP contribution in [-0.2, 0) is 10.2 Å². The molecule has 0 spiro atoms. The van der Waals surface area contributed by atoms with Crippen molar-refractivity contribution in [3.63, 3.8) is 0 Å². The van der Waals surface area contributed by atoms with Gasteiger partial charge in [0.1, 0.15) is 0 Å². The predicted octanol–water partition coefficient (Wildman–Crippen LogP) is 0.858. The topological polar surface area (TPSA) is 65.2 Å². The molecule has 0 aromatic carbocycles. The predicted molar refractivity (Wildman–Crippen MR) is 55.5 cm³/mol. The molecule has 15 heavy (non-hydrogen) atoms. The fourth-order valence-corrected chi connectivity index (χ4v) is 1.66. The fourth-order valence-electron chi connectivity index (χ4n) is 1.66. The fraction of sp³-hybridized carbons (Fsp3) is 0.455. The highest BCUT2D eigenvalue weighted by molar-refractivity contribution is 5.88. The number of nitrogens with zero attached hydrogens (tertiary/aromatic N) is 1. The maximum Gasteiger partial charge on any atom is 0.339 e. The number of esters is 1. The van der Waals surface area contributed by atoms with Gasteiger partial charge in [0, 0.05) is 23.9 Å². The molecule has 80 valence electrons. The molecule has 0 aliphatic heterocycles. The average Bonchev–Trinajstić information content (AvgIpc) is 3.09. The van der Waals surface area contributed by atoms with Gasteiger partial charge in [0.15, 0.2) is 0 Å². The third kappa shape index (κ3) is 1.72. The van der Waals surface area contributed by atoms with Crippen LogP contribution in [0, 0.1) is 0 Å². The Morgan fingerprint density at radius 3 is 2.73 bits per heavy atom. The Balaban J connectivity index is 2.21. The molecule has 1 fully saturated rings. The first kappa shape index (κ1) is 10.1. The van der Waals surface area contributed by atoms with Crippen molar-refractivity contribution in [1.29, 1.82) is 0 Å². The molecule has 0 unspecified atom stereocenters. The SMILES string of the molecule is COC(=O)c1ccc(C2(CN)CC2)nc1. The monoisotopic (exact) mass is 206 g/mol. The summed E-state index contributed by atoms with van der Waals surface area (Å²) in [6.07, 6.45) is 3.74. The van der Waals surface area contributed by atoms with E-state index in [0.717, 1.165) is 18.5 Å². The number of carbonyl (C=O) groups excluding carboxylic acids is 1. The number of rotatable bonds is 3. The zero-order chi connectivity index (χ0) is 10.9. The molecule has 0 saturated heterocycles. The molecule has 1 saturated carbocycles. The van der Waals surface area contributed by atoms with Crippen molar-refractivity contribution in [3.8, 4) is 0 Å². The zero-order valence-corrected chi connectivity index (χ0v) is 8.69. The Bertz CT molecular complexity index is 369.